The van der Waals surface area contributed by atoms with Gasteiger partial charge in [0.2, 0.25) is 0 Å². The third-order valence-corrected chi connectivity index (χ3v) is 4.97. The Morgan fingerprint density at radius 1 is 1.16 bits per heavy atom. The van der Waals surface area contributed by atoms with Gasteiger partial charge in [0, 0.05) is 20.2 Å². The van der Waals surface area contributed by atoms with Crippen molar-refractivity contribution in [2.75, 3.05) is 6.54 Å². The highest BCUT2D eigenvalue weighted by Crippen LogP contribution is 2.27. The number of nitrogens with one attached hydrogen (secondary N) is 1. The first-order chi connectivity index (χ1) is 8.57. The first-order valence-electron chi connectivity index (χ1n) is 7.38. The van der Waals surface area contributed by atoms with E-state index in [0.717, 1.165) is 6.54 Å². The van der Waals surface area contributed by atoms with Gasteiger partial charge in [-0.15, -0.1) is 0 Å². The fraction of sp³-hybridized carbons (Fsp3) is 0.647. The summed E-state index contributed by atoms with van der Waals surface area (Å²) in [6.45, 7) is 17.4. The second kappa shape index (κ2) is 6.23. The number of rotatable bonds is 5. The van der Waals surface area contributed by atoms with E-state index in [4.69, 9.17) is 0 Å². The zero-order valence-corrected chi connectivity index (χ0v) is 14.8. The van der Waals surface area contributed by atoms with E-state index in [1.165, 1.54) is 17.2 Å². The summed E-state index contributed by atoms with van der Waals surface area (Å²) in [4.78, 5) is 0. The van der Waals surface area contributed by atoms with Crippen molar-refractivity contribution in [1.29, 1.82) is 0 Å². The lowest BCUT2D eigenvalue weighted by molar-refractivity contribution is 0.411. The number of hydrogen-bond donors (Lipinski definition) is 1. The first kappa shape index (κ1) is 16.5. The van der Waals surface area contributed by atoms with E-state index in [1.54, 1.807) is 0 Å². The summed E-state index contributed by atoms with van der Waals surface area (Å²) in [5.74, 6) is 0.644. The molecule has 0 amide bonds. The number of hydrogen-bond acceptors (Lipinski definition) is 1. The smallest absolute Gasteiger partial charge is 0.0449 e. The molecule has 0 aromatic heterocycles. The summed E-state index contributed by atoms with van der Waals surface area (Å²) < 4.78 is 0. The molecule has 1 N–H and O–H groups in total. The van der Waals surface area contributed by atoms with Crippen LogP contribution in [0.1, 0.15) is 37.8 Å². The van der Waals surface area contributed by atoms with Crippen LogP contribution < -0.4 is 5.32 Å². The highest BCUT2D eigenvalue weighted by molar-refractivity contribution is 6.76. The van der Waals surface area contributed by atoms with Crippen LogP contribution in [0.5, 0.6) is 0 Å². The van der Waals surface area contributed by atoms with Crippen LogP contribution in [0.4, 0.5) is 0 Å². The molecule has 1 atom stereocenters. The molecule has 0 saturated carbocycles. The fourth-order valence-electron chi connectivity index (χ4n) is 2.40. The SMILES string of the molecule is Cc1cccc(C(CNC(C)(C)C)C[Si](C)(C)C)c1. The van der Waals surface area contributed by atoms with Crippen molar-refractivity contribution >= 4 is 8.07 Å². The largest absolute Gasteiger partial charge is 0.311 e. The molecule has 0 heterocycles. The molecule has 0 aliphatic heterocycles. The average molecular weight is 278 g/mol. The molecule has 19 heavy (non-hydrogen) atoms. The molecule has 0 radical (unpaired) electrons. The van der Waals surface area contributed by atoms with Crippen molar-refractivity contribution in [2.24, 2.45) is 0 Å². The van der Waals surface area contributed by atoms with Gasteiger partial charge >= 0.3 is 0 Å². The summed E-state index contributed by atoms with van der Waals surface area (Å²) >= 11 is 0. The minimum Gasteiger partial charge on any atom is -0.311 e. The van der Waals surface area contributed by atoms with Gasteiger partial charge in [0.1, 0.15) is 0 Å². The third kappa shape index (κ3) is 6.93. The zero-order valence-electron chi connectivity index (χ0n) is 13.8. The maximum absolute atomic E-state index is 3.68. The first-order valence-corrected chi connectivity index (χ1v) is 11.1. The van der Waals surface area contributed by atoms with Crippen LogP contribution in [0, 0.1) is 6.92 Å². The Balaban J connectivity index is 2.86. The molecular weight excluding hydrogens is 246 g/mol. The summed E-state index contributed by atoms with van der Waals surface area (Å²) in [5, 5.41) is 3.68. The van der Waals surface area contributed by atoms with Crippen molar-refractivity contribution in [2.45, 2.75) is 64.8 Å². The van der Waals surface area contributed by atoms with Crippen LogP contribution in [0.2, 0.25) is 25.7 Å². The molecule has 1 rings (SSSR count). The van der Waals surface area contributed by atoms with Crippen molar-refractivity contribution in [1.82, 2.24) is 5.32 Å². The Kier molecular flexibility index (Phi) is 5.40. The quantitative estimate of drug-likeness (QED) is 0.762. The Hall–Kier alpha value is -0.603. The van der Waals surface area contributed by atoms with E-state index < -0.39 is 8.07 Å². The van der Waals surface area contributed by atoms with E-state index in [0.29, 0.717) is 5.92 Å². The lowest BCUT2D eigenvalue weighted by Gasteiger charge is -2.29. The summed E-state index contributed by atoms with van der Waals surface area (Å²) in [7, 11) is -1.06. The molecule has 0 saturated heterocycles. The van der Waals surface area contributed by atoms with Gasteiger partial charge in [-0.2, -0.15) is 0 Å². The normalized spacial score (nSPS) is 14.5. The molecular formula is C17H31NSi. The van der Waals surface area contributed by atoms with Gasteiger partial charge in [0.25, 0.3) is 0 Å². The molecule has 1 nitrogen and oxygen atoms in total. The van der Waals surface area contributed by atoms with E-state index in [-0.39, 0.29) is 5.54 Å². The van der Waals surface area contributed by atoms with Gasteiger partial charge in [-0.1, -0.05) is 49.5 Å². The molecule has 0 aliphatic rings. The summed E-state index contributed by atoms with van der Waals surface area (Å²) in [5.41, 5.74) is 3.06. The second-order valence-electron chi connectivity index (χ2n) is 8.01. The minimum absolute atomic E-state index is 0.196. The number of benzene rings is 1. The average Bonchev–Trinajstić information content (AvgIpc) is 2.21. The van der Waals surface area contributed by atoms with Crippen LogP contribution in [-0.4, -0.2) is 20.2 Å². The van der Waals surface area contributed by atoms with Crippen molar-refractivity contribution in [3.63, 3.8) is 0 Å². The van der Waals surface area contributed by atoms with Crippen molar-refractivity contribution < 1.29 is 0 Å². The van der Waals surface area contributed by atoms with Gasteiger partial charge in [0.15, 0.2) is 0 Å². The maximum Gasteiger partial charge on any atom is 0.0449 e. The molecule has 1 unspecified atom stereocenters. The highest BCUT2D eigenvalue weighted by Gasteiger charge is 2.23. The Labute approximate surface area is 120 Å². The second-order valence-corrected chi connectivity index (χ2v) is 13.5. The minimum atomic E-state index is -1.06. The van der Waals surface area contributed by atoms with E-state index in [1.807, 2.05) is 0 Å². The molecule has 2 heteroatoms. The number of aryl methyl sites for hydroxylation is 1. The Morgan fingerprint density at radius 3 is 2.26 bits per heavy atom. The predicted octanol–water partition coefficient (Wildman–Crippen LogP) is 4.80. The maximum atomic E-state index is 3.68. The van der Waals surface area contributed by atoms with Gasteiger partial charge in [-0.25, -0.2) is 0 Å². The molecule has 0 bridgehead atoms. The topological polar surface area (TPSA) is 12.0 Å². The van der Waals surface area contributed by atoms with Gasteiger partial charge in [0.05, 0.1) is 0 Å². The Bertz CT molecular complexity index is 398. The molecule has 0 spiro atoms. The molecule has 1 aromatic rings. The molecule has 108 valence electrons. The van der Waals surface area contributed by atoms with Crippen LogP contribution >= 0.6 is 0 Å². The van der Waals surface area contributed by atoms with Crippen LogP contribution in [0.25, 0.3) is 0 Å². The summed E-state index contributed by atoms with van der Waals surface area (Å²) in [6.07, 6.45) is 0. The zero-order chi connectivity index (χ0) is 14.7. The van der Waals surface area contributed by atoms with Gasteiger partial charge in [-0.3, -0.25) is 0 Å². The van der Waals surface area contributed by atoms with Gasteiger partial charge < -0.3 is 5.32 Å². The lowest BCUT2D eigenvalue weighted by atomic mass is 9.97. The van der Waals surface area contributed by atoms with E-state index >= 15 is 0 Å². The van der Waals surface area contributed by atoms with Crippen LogP contribution in [0.3, 0.4) is 0 Å². The van der Waals surface area contributed by atoms with Crippen molar-refractivity contribution in [3.05, 3.63) is 35.4 Å². The van der Waals surface area contributed by atoms with Crippen molar-refractivity contribution in [3.8, 4) is 0 Å². The van der Waals surface area contributed by atoms with Crippen LogP contribution in [0.15, 0.2) is 24.3 Å². The third-order valence-electron chi connectivity index (χ3n) is 3.25. The lowest BCUT2D eigenvalue weighted by Crippen LogP contribution is -2.40. The molecule has 0 fully saturated rings. The van der Waals surface area contributed by atoms with Gasteiger partial charge in [-0.05, 0) is 45.2 Å². The molecule has 0 aliphatic carbocycles. The standard InChI is InChI=1S/C17H31NSi/c1-14-9-8-10-15(11-14)16(13-19(5,6)7)12-18-17(2,3)4/h8-11,16,18H,12-13H2,1-7H3. The summed E-state index contributed by atoms with van der Waals surface area (Å²) in [6, 6.07) is 10.4. The van der Waals surface area contributed by atoms with Crippen LogP contribution in [-0.2, 0) is 0 Å². The highest BCUT2D eigenvalue weighted by atomic mass is 28.3. The fourth-order valence-corrected chi connectivity index (χ4v) is 4.26. The predicted molar refractivity (Wildman–Crippen MR) is 89.8 cm³/mol. The van der Waals surface area contributed by atoms with E-state index in [9.17, 15) is 0 Å². The monoisotopic (exact) mass is 277 g/mol. The molecule has 1 aromatic carbocycles. The Morgan fingerprint density at radius 2 is 1.79 bits per heavy atom. The van der Waals surface area contributed by atoms with E-state index in [2.05, 4.69) is 76.9 Å².